The lowest BCUT2D eigenvalue weighted by atomic mass is 10.7. The normalized spacial score (nSPS) is 9.62. The fraction of sp³-hybridized carbons (Fsp3) is 0.200. The summed E-state index contributed by atoms with van der Waals surface area (Å²) >= 11 is 1.27. The molecule has 0 spiro atoms. The fourth-order valence-electron chi connectivity index (χ4n) is 0.409. The van der Waals surface area contributed by atoms with Gasteiger partial charge in [0.2, 0.25) is 0 Å². The molecule has 0 saturated heterocycles. The molecule has 0 aromatic carbocycles. The van der Waals surface area contributed by atoms with Crippen LogP contribution in [0.25, 0.3) is 0 Å². The molecule has 8 heavy (non-hydrogen) atoms. The molecule has 0 unspecified atom stereocenters. The monoisotopic (exact) mass is 130 g/mol. The maximum absolute atomic E-state index is 8.34. The third-order valence-corrected chi connectivity index (χ3v) is 1.35. The number of furan rings is 1. The molecule has 1 heterocycles. The Bertz CT molecular complexity index is 136. The number of hydrogen-bond acceptors (Lipinski definition) is 3. The molecular formula is C5H6O2S. The van der Waals surface area contributed by atoms with E-state index in [0.717, 1.165) is 5.09 Å². The van der Waals surface area contributed by atoms with Gasteiger partial charge in [-0.25, -0.2) is 0 Å². The summed E-state index contributed by atoms with van der Waals surface area (Å²) in [6.45, 7) is 0. The number of aliphatic hydroxyl groups is 1. The second kappa shape index (κ2) is 2.79. The van der Waals surface area contributed by atoms with Gasteiger partial charge in [0.1, 0.15) is 0 Å². The van der Waals surface area contributed by atoms with Gasteiger partial charge in [-0.05, 0) is 12.1 Å². The molecule has 0 amide bonds. The van der Waals surface area contributed by atoms with E-state index < -0.39 is 0 Å². The van der Waals surface area contributed by atoms with Gasteiger partial charge in [-0.15, -0.1) is 0 Å². The summed E-state index contributed by atoms with van der Waals surface area (Å²) in [5.41, 5.74) is 0. The van der Waals surface area contributed by atoms with E-state index in [1.165, 1.54) is 11.8 Å². The summed E-state index contributed by atoms with van der Waals surface area (Å²) in [6.07, 6.45) is 1.58. The second-order valence-electron chi connectivity index (χ2n) is 1.21. The van der Waals surface area contributed by atoms with Crippen LogP contribution in [0.5, 0.6) is 0 Å². The molecule has 1 rings (SSSR count). The van der Waals surface area contributed by atoms with Gasteiger partial charge in [-0.3, -0.25) is 0 Å². The van der Waals surface area contributed by atoms with E-state index in [0.29, 0.717) is 0 Å². The SMILES string of the molecule is OCSc1ccco1. The van der Waals surface area contributed by atoms with Gasteiger partial charge in [0, 0.05) is 0 Å². The first kappa shape index (κ1) is 5.72. The highest BCUT2D eigenvalue weighted by molar-refractivity contribution is 7.99. The Morgan fingerprint density at radius 1 is 1.75 bits per heavy atom. The Balaban J connectivity index is 2.50. The third-order valence-electron chi connectivity index (χ3n) is 0.702. The first-order chi connectivity index (χ1) is 3.93. The van der Waals surface area contributed by atoms with E-state index in [9.17, 15) is 0 Å². The van der Waals surface area contributed by atoms with Crippen molar-refractivity contribution in [3.05, 3.63) is 18.4 Å². The average molecular weight is 130 g/mol. The second-order valence-corrected chi connectivity index (χ2v) is 2.15. The number of thioether (sulfide) groups is 1. The highest BCUT2D eigenvalue weighted by Crippen LogP contribution is 2.15. The van der Waals surface area contributed by atoms with Crippen LogP contribution in [-0.2, 0) is 0 Å². The minimum atomic E-state index is 0.0769. The highest BCUT2D eigenvalue weighted by Gasteiger charge is 1.90. The van der Waals surface area contributed by atoms with E-state index in [-0.39, 0.29) is 5.94 Å². The maximum atomic E-state index is 8.34. The quantitative estimate of drug-likeness (QED) is 0.484. The van der Waals surface area contributed by atoms with E-state index in [2.05, 4.69) is 0 Å². The largest absolute Gasteiger partial charge is 0.458 e. The molecule has 1 aromatic heterocycles. The van der Waals surface area contributed by atoms with Gasteiger partial charge in [0.25, 0.3) is 0 Å². The number of hydrogen-bond donors (Lipinski definition) is 1. The molecule has 0 radical (unpaired) electrons. The number of rotatable bonds is 2. The molecule has 0 aliphatic heterocycles. The van der Waals surface area contributed by atoms with Crippen LogP contribution in [0.4, 0.5) is 0 Å². The predicted octanol–water partition coefficient (Wildman–Crippen LogP) is 1.32. The summed E-state index contributed by atoms with van der Waals surface area (Å²) in [5, 5.41) is 9.10. The van der Waals surface area contributed by atoms with Gasteiger partial charge < -0.3 is 9.52 Å². The Labute approximate surface area is 51.5 Å². The molecule has 0 atom stereocenters. The van der Waals surface area contributed by atoms with Crippen molar-refractivity contribution in [3.8, 4) is 0 Å². The zero-order valence-electron chi connectivity index (χ0n) is 4.20. The Kier molecular flexibility index (Phi) is 2.00. The predicted molar refractivity (Wildman–Crippen MR) is 31.7 cm³/mol. The molecule has 2 nitrogen and oxygen atoms in total. The van der Waals surface area contributed by atoms with E-state index >= 15 is 0 Å². The van der Waals surface area contributed by atoms with Gasteiger partial charge in [-0.1, -0.05) is 11.8 Å². The van der Waals surface area contributed by atoms with Crippen LogP contribution in [0.3, 0.4) is 0 Å². The van der Waals surface area contributed by atoms with Crippen molar-refractivity contribution in [2.24, 2.45) is 0 Å². The van der Waals surface area contributed by atoms with E-state index in [1.54, 1.807) is 18.4 Å². The third kappa shape index (κ3) is 1.28. The van der Waals surface area contributed by atoms with Crippen LogP contribution in [-0.4, -0.2) is 11.0 Å². The fourth-order valence-corrected chi connectivity index (χ4v) is 0.835. The lowest BCUT2D eigenvalue weighted by Crippen LogP contribution is -1.67. The van der Waals surface area contributed by atoms with E-state index in [4.69, 9.17) is 9.52 Å². The topological polar surface area (TPSA) is 33.4 Å². The van der Waals surface area contributed by atoms with Crippen LogP contribution >= 0.6 is 11.8 Å². The zero-order valence-corrected chi connectivity index (χ0v) is 5.02. The van der Waals surface area contributed by atoms with Crippen molar-refractivity contribution >= 4 is 11.8 Å². The molecule has 0 aliphatic carbocycles. The van der Waals surface area contributed by atoms with Crippen LogP contribution in [0.2, 0.25) is 0 Å². The van der Waals surface area contributed by atoms with Crippen molar-refractivity contribution in [2.75, 3.05) is 5.94 Å². The first-order valence-electron chi connectivity index (χ1n) is 2.20. The lowest BCUT2D eigenvalue weighted by molar-refractivity contribution is 0.371. The Hall–Kier alpha value is -0.410. The van der Waals surface area contributed by atoms with Crippen molar-refractivity contribution in [2.45, 2.75) is 5.09 Å². The first-order valence-corrected chi connectivity index (χ1v) is 3.19. The molecule has 44 valence electrons. The molecule has 3 heteroatoms. The van der Waals surface area contributed by atoms with Crippen molar-refractivity contribution in [3.63, 3.8) is 0 Å². The molecule has 0 saturated carbocycles. The number of aliphatic hydroxyl groups excluding tert-OH is 1. The Morgan fingerprint density at radius 3 is 3.12 bits per heavy atom. The van der Waals surface area contributed by atoms with Crippen molar-refractivity contribution in [1.29, 1.82) is 0 Å². The molecule has 0 aliphatic rings. The van der Waals surface area contributed by atoms with Gasteiger partial charge in [0.15, 0.2) is 5.09 Å². The Morgan fingerprint density at radius 2 is 2.62 bits per heavy atom. The molecular weight excluding hydrogens is 124 g/mol. The molecule has 0 fully saturated rings. The standard InChI is InChI=1S/C5H6O2S/c6-4-8-5-2-1-3-7-5/h1-3,6H,4H2. The van der Waals surface area contributed by atoms with Gasteiger partial charge >= 0.3 is 0 Å². The summed E-state index contributed by atoms with van der Waals surface area (Å²) in [5.74, 6) is 0.0769. The van der Waals surface area contributed by atoms with Crippen LogP contribution in [0, 0.1) is 0 Å². The lowest BCUT2D eigenvalue weighted by Gasteiger charge is -1.85. The minimum absolute atomic E-state index is 0.0769. The van der Waals surface area contributed by atoms with Crippen LogP contribution in [0.15, 0.2) is 27.9 Å². The zero-order chi connectivity index (χ0) is 5.82. The average Bonchev–Trinajstić information content (AvgIpc) is 2.19. The molecule has 1 N–H and O–H groups in total. The highest BCUT2D eigenvalue weighted by atomic mass is 32.2. The van der Waals surface area contributed by atoms with Gasteiger partial charge in [0.05, 0.1) is 12.2 Å². The minimum Gasteiger partial charge on any atom is -0.458 e. The smallest absolute Gasteiger partial charge is 0.162 e. The van der Waals surface area contributed by atoms with E-state index in [1.807, 2.05) is 0 Å². The van der Waals surface area contributed by atoms with Gasteiger partial charge in [-0.2, -0.15) is 0 Å². The molecule has 1 aromatic rings. The summed E-state index contributed by atoms with van der Waals surface area (Å²) in [6, 6.07) is 3.60. The summed E-state index contributed by atoms with van der Waals surface area (Å²) < 4.78 is 4.88. The summed E-state index contributed by atoms with van der Waals surface area (Å²) in [7, 11) is 0. The molecule has 0 bridgehead atoms. The van der Waals surface area contributed by atoms with Crippen molar-refractivity contribution < 1.29 is 9.52 Å². The van der Waals surface area contributed by atoms with Crippen LogP contribution in [0.1, 0.15) is 0 Å². The van der Waals surface area contributed by atoms with Crippen LogP contribution < -0.4 is 0 Å². The van der Waals surface area contributed by atoms with Crippen molar-refractivity contribution in [1.82, 2.24) is 0 Å². The maximum Gasteiger partial charge on any atom is 0.162 e. The summed E-state index contributed by atoms with van der Waals surface area (Å²) in [4.78, 5) is 0.